The van der Waals surface area contributed by atoms with E-state index in [9.17, 15) is 0 Å². The number of hydrogen-bond acceptors (Lipinski definition) is 2. The topological polar surface area (TPSA) is 43.8 Å². The van der Waals surface area contributed by atoms with E-state index in [1.165, 1.54) is 16.7 Å². The Balaban J connectivity index is 2.08. The highest BCUT2D eigenvalue weighted by Gasteiger charge is 2.07. The molecule has 2 N–H and O–H groups in total. The van der Waals surface area contributed by atoms with E-state index in [2.05, 4.69) is 36.3 Å². The first-order valence-corrected chi connectivity index (χ1v) is 5.45. The fourth-order valence-electron chi connectivity index (χ4n) is 1.76. The largest absolute Gasteiger partial charge is 0.324 e. The smallest absolute Gasteiger partial charge is 0.0522 e. The maximum Gasteiger partial charge on any atom is 0.0522 e. The van der Waals surface area contributed by atoms with Gasteiger partial charge in [-0.15, -0.1) is 0 Å². The molecule has 0 amide bonds. The second-order valence-electron chi connectivity index (χ2n) is 4.24. The fourth-order valence-corrected chi connectivity index (χ4v) is 1.76. The molecule has 3 heteroatoms. The van der Waals surface area contributed by atoms with Crippen LogP contribution in [-0.2, 0) is 13.5 Å². The van der Waals surface area contributed by atoms with E-state index in [1.54, 1.807) is 4.68 Å². The number of benzene rings is 1. The van der Waals surface area contributed by atoms with Crippen molar-refractivity contribution < 1.29 is 0 Å². The summed E-state index contributed by atoms with van der Waals surface area (Å²) in [5, 5.41) is 4.14. The van der Waals surface area contributed by atoms with Crippen molar-refractivity contribution in [2.24, 2.45) is 12.8 Å². The van der Waals surface area contributed by atoms with E-state index in [4.69, 9.17) is 5.73 Å². The van der Waals surface area contributed by atoms with Crippen molar-refractivity contribution in [2.75, 3.05) is 0 Å². The Morgan fingerprint density at radius 2 is 2.00 bits per heavy atom. The summed E-state index contributed by atoms with van der Waals surface area (Å²) in [6.07, 6.45) is 4.71. The van der Waals surface area contributed by atoms with E-state index in [-0.39, 0.29) is 6.04 Å². The summed E-state index contributed by atoms with van der Waals surface area (Å²) in [5.74, 6) is 0. The van der Waals surface area contributed by atoms with Gasteiger partial charge in [-0.2, -0.15) is 5.10 Å². The molecular formula is C13H17N3. The lowest BCUT2D eigenvalue weighted by Crippen LogP contribution is -2.12. The van der Waals surface area contributed by atoms with Crippen LogP contribution in [0.4, 0.5) is 0 Å². The molecule has 0 aliphatic heterocycles. The van der Waals surface area contributed by atoms with Crippen LogP contribution >= 0.6 is 0 Å². The summed E-state index contributed by atoms with van der Waals surface area (Å²) >= 11 is 0. The zero-order chi connectivity index (χ0) is 11.5. The third kappa shape index (κ3) is 2.49. The molecule has 0 saturated carbocycles. The number of hydrogen-bond donors (Lipinski definition) is 1. The second kappa shape index (κ2) is 4.49. The monoisotopic (exact) mass is 215 g/mol. The normalized spacial score (nSPS) is 12.7. The Hall–Kier alpha value is -1.61. The Labute approximate surface area is 95.9 Å². The molecule has 2 rings (SSSR count). The van der Waals surface area contributed by atoms with Crippen LogP contribution < -0.4 is 5.73 Å². The summed E-state index contributed by atoms with van der Waals surface area (Å²) in [4.78, 5) is 0. The molecule has 0 aliphatic carbocycles. The van der Waals surface area contributed by atoms with Crippen LogP contribution in [0.1, 0.15) is 22.7 Å². The Morgan fingerprint density at radius 3 is 2.56 bits per heavy atom. The molecule has 0 fully saturated rings. The minimum Gasteiger partial charge on any atom is -0.324 e. The van der Waals surface area contributed by atoms with Crippen molar-refractivity contribution in [2.45, 2.75) is 19.4 Å². The average Bonchev–Trinajstić information content (AvgIpc) is 2.65. The summed E-state index contributed by atoms with van der Waals surface area (Å²) in [6.45, 7) is 2.08. The summed E-state index contributed by atoms with van der Waals surface area (Å²) in [6, 6.07) is 8.42. The zero-order valence-corrected chi connectivity index (χ0v) is 9.72. The molecule has 2 aromatic rings. The van der Waals surface area contributed by atoms with Gasteiger partial charge in [-0.3, -0.25) is 4.68 Å². The first-order chi connectivity index (χ1) is 7.65. The van der Waals surface area contributed by atoms with Gasteiger partial charge in [0.2, 0.25) is 0 Å². The highest BCUT2D eigenvalue weighted by molar-refractivity contribution is 5.25. The maximum absolute atomic E-state index is 6.15. The van der Waals surface area contributed by atoms with E-state index >= 15 is 0 Å². The Kier molecular flexibility index (Phi) is 3.06. The van der Waals surface area contributed by atoms with Gasteiger partial charge in [0.1, 0.15) is 0 Å². The van der Waals surface area contributed by atoms with Crippen molar-refractivity contribution in [1.82, 2.24) is 9.78 Å². The lowest BCUT2D eigenvalue weighted by Gasteiger charge is -2.10. The van der Waals surface area contributed by atoms with Crippen LogP contribution in [-0.4, -0.2) is 9.78 Å². The van der Waals surface area contributed by atoms with Crippen LogP contribution in [0.3, 0.4) is 0 Å². The van der Waals surface area contributed by atoms with E-state index in [1.807, 2.05) is 19.4 Å². The van der Waals surface area contributed by atoms with Crippen LogP contribution in [0, 0.1) is 6.92 Å². The van der Waals surface area contributed by atoms with Crippen molar-refractivity contribution in [1.29, 1.82) is 0 Å². The number of nitrogens with zero attached hydrogens (tertiary/aromatic N) is 2. The van der Waals surface area contributed by atoms with Gasteiger partial charge in [-0.25, -0.2) is 0 Å². The van der Waals surface area contributed by atoms with Gasteiger partial charge in [-0.1, -0.05) is 29.8 Å². The van der Waals surface area contributed by atoms with Crippen LogP contribution in [0.25, 0.3) is 0 Å². The van der Waals surface area contributed by atoms with Crippen molar-refractivity contribution >= 4 is 0 Å². The van der Waals surface area contributed by atoms with Gasteiger partial charge in [0, 0.05) is 19.3 Å². The lowest BCUT2D eigenvalue weighted by molar-refractivity contribution is 0.719. The van der Waals surface area contributed by atoms with Gasteiger partial charge < -0.3 is 5.73 Å². The molecule has 0 aliphatic rings. The highest BCUT2D eigenvalue weighted by atomic mass is 15.2. The molecule has 1 unspecified atom stereocenters. The molecule has 0 bridgehead atoms. The minimum atomic E-state index is 0.0461. The third-order valence-electron chi connectivity index (χ3n) is 2.72. The standard InChI is InChI=1S/C13H17N3/c1-10-3-5-12(6-4-10)13(14)7-11-8-15-16(2)9-11/h3-6,8-9,13H,7,14H2,1-2H3. The number of nitrogens with two attached hydrogens (primary N) is 1. The number of aryl methyl sites for hydroxylation is 2. The average molecular weight is 215 g/mol. The Morgan fingerprint density at radius 1 is 1.31 bits per heavy atom. The van der Waals surface area contributed by atoms with E-state index in [0.717, 1.165) is 6.42 Å². The first kappa shape index (κ1) is 10.9. The SMILES string of the molecule is Cc1ccc(C(N)Cc2cnn(C)c2)cc1. The summed E-state index contributed by atoms with van der Waals surface area (Å²) < 4.78 is 1.80. The van der Waals surface area contributed by atoms with Gasteiger partial charge >= 0.3 is 0 Å². The second-order valence-corrected chi connectivity index (χ2v) is 4.24. The fraction of sp³-hybridized carbons (Fsp3) is 0.308. The molecular weight excluding hydrogens is 198 g/mol. The number of rotatable bonds is 3. The molecule has 84 valence electrons. The van der Waals surface area contributed by atoms with Crippen LogP contribution in [0.15, 0.2) is 36.7 Å². The lowest BCUT2D eigenvalue weighted by atomic mass is 10.0. The predicted molar refractivity (Wildman–Crippen MR) is 65.0 cm³/mol. The molecule has 0 saturated heterocycles. The van der Waals surface area contributed by atoms with Gasteiger partial charge in [-0.05, 0) is 24.5 Å². The molecule has 1 atom stereocenters. The van der Waals surface area contributed by atoms with Crippen molar-refractivity contribution in [3.8, 4) is 0 Å². The quantitative estimate of drug-likeness (QED) is 0.850. The minimum absolute atomic E-state index is 0.0461. The first-order valence-electron chi connectivity index (χ1n) is 5.45. The molecule has 1 aromatic heterocycles. The molecule has 0 spiro atoms. The van der Waals surface area contributed by atoms with Crippen LogP contribution in [0.2, 0.25) is 0 Å². The molecule has 1 heterocycles. The molecule has 3 nitrogen and oxygen atoms in total. The third-order valence-corrected chi connectivity index (χ3v) is 2.72. The van der Waals surface area contributed by atoms with E-state index < -0.39 is 0 Å². The van der Waals surface area contributed by atoms with E-state index in [0.29, 0.717) is 0 Å². The Bertz CT molecular complexity index is 456. The molecule has 0 radical (unpaired) electrons. The summed E-state index contributed by atoms with van der Waals surface area (Å²) in [5.41, 5.74) is 9.76. The summed E-state index contributed by atoms with van der Waals surface area (Å²) in [7, 11) is 1.92. The highest BCUT2D eigenvalue weighted by Crippen LogP contribution is 2.16. The number of aromatic nitrogens is 2. The molecule has 16 heavy (non-hydrogen) atoms. The van der Waals surface area contributed by atoms with Gasteiger partial charge in [0.15, 0.2) is 0 Å². The van der Waals surface area contributed by atoms with Gasteiger partial charge in [0.25, 0.3) is 0 Å². The van der Waals surface area contributed by atoms with Gasteiger partial charge in [0.05, 0.1) is 6.20 Å². The zero-order valence-electron chi connectivity index (χ0n) is 9.72. The van der Waals surface area contributed by atoms with Crippen molar-refractivity contribution in [3.05, 3.63) is 53.3 Å². The van der Waals surface area contributed by atoms with Crippen LogP contribution in [0.5, 0.6) is 0 Å². The maximum atomic E-state index is 6.15. The predicted octanol–water partition coefficient (Wildman–Crippen LogP) is 1.97. The van der Waals surface area contributed by atoms with Crippen molar-refractivity contribution in [3.63, 3.8) is 0 Å². The molecule has 1 aromatic carbocycles.